The van der Waals surface area contributed by atoms with Crippen molar-refractivity contribution in [1.82, 2.24) is 5.32 Å². The SMILES string of the molecule is COc1ccc(Br)cc1S(=O)(=O)c1ccc(C)c(NC2CCNCC2F)c1. The molecule has 0 amide bonds. The fourth-order valence-corrected chi connectivity index (χ4v) is 5.08. The molecular formula is C19H22BrFN2O3S. The number of benzene rings is 2. The highest BCUT2D eigenvalue weighted by atomic mass is 79.9. The summed E-state index contributed by atoms with van der Waals surface area (Å²) in [6, 6.07) is 9.36. The Morgan fingerprint density at radius 1 is 1.26 bits per heavy atom. The predicted octanol–water partition coefficient (Wildman–Crippen LogP) is 3.71. The van der Waals surface area contributed by atoms with Crippen molar-refractivity contribution < 1.29 is 17.5 Å². The first-order chi connectivity index (χ1) is 12.8. The normalized spacial score (nSPS) is 20.3. The summed E-state index contributed by atoms with van der Waals surface area (Å²) >= 11 is 3.31. The number of ether oxygens (including phenoxy) is 1. The van der Waals surface area contributed by atoms with Crippen LogP contribution in [0, 0.1) is 6.92 Å². The van der Waals surface area contributed by atoms with Crippen LogP contribution in [0.4, 0.5) is 10.1 Å². The summed E-state index contributed by atoms with van der Waals surface area (Å²) in [5.74, 6) is 0.274. The van der Waals surface area contributed by atoms with Gasteiger partial charge in [-0.2, -0.15) is 0 Å². The van der Waals surface area contributed by atoms with E-state index in [4.69, 9.17) is 4.74 Å². The summed E-state index contributed by atoms with van der Waals surface area (Å²) in [6.07, 6.45) is -0.389. The summed E-state index contributed by atoms with van der Waals surface area (Å²) in [4.78, 5) is 0.218. The quantitative estimate of drug-likeness (QED) is 0.717. The number of methoxy groups -OCH3 is 1. The van der Waals surface area contributed by atoms with E-state index in [0.717, 1.165) is 12.1 Å². The van der Waals surface area contributed by atoms with E-state index >= 15 is 0 Å². The monoisotopic (exact) mass is 456 g/mol. The predicted molar refractivity (Wildman–Crippen MR) is 107 cm³/mol. The van der Waals surface area contributed by atoms with Crippen LogP contribution < -0.4 is 15.4 Å². The number of sulfone groups is 1. The molecule has 0 bridgehead atoms. The molecule has 1 heterocycles. The van der Waals surface area contributed by atoms with Gasteiger partial charge in [-0.1, -0.05) is 22.0 Å². The van der Waals surface area contributed by atoms with Crippen LogP contribution in [0.25, 0.3) is 0 Å². The van der Waals surface area contributed by atoms with Gasteiger partial charge in [-0.25, -0.2) is 12.8 Å². The van der Waals surface area contributed by atoms with Gasteiger partial charge in [0, 0.05) is 16.7 Å². The van der Waals surface area contributed by atoms with Gasteiger partial charge < -0.3 is 15.4 Å². The van der Waals surface area contributed by atoms with Gasteiger partial charge in [-0.3, -0.25) is 0 Å². The summed E-state index contributed by atoms with van der Waals surface area (Å²) < 4.78 is 46.4. The zero-order valence-electron chi connectivity index (χ0n) is 15.1. The molecule has 8 heteroatoms. The second-order valence-electron chi connectivity index (χ2n) is 6.53. The Morgan fingerprint density at radius 3 is 2.74 bits per heavy atom. The number of nitrogens with one attached hydrogen (secondary N) is 2. The maximum Gasteiger partial charge on any atom is 0.210 e. The van der Waals surface area contributed by atoms with Crippen LogP contribution in [0.2, 0.25) is 0 Å². The first kappa shape index (κ1) is 20.1. The van der Waals surface area contributed by atoms with E-state index in [1.54, 1.807) is 30.3 Å². The Morgan fingerprint density at radius 2 is 2.04 bits per heavy atom. The first-order valence-electron chi connectivity index (χ1n) is 8.63. The van der Waals surface area contributed by atoms with E-state index in [-0.39, 0.29) is 21.6 Å². The molecule has 2 aromatic carbocycles. The van der Waals surface area contributed by atoms with Crippen LogP contribution >= 0.6 is 15.9 Å². The van der Waals surface area contributed by atoms with E-state index in [0.29, 0.717) is 23.1 Å². The Hall–Kier alpha value is -1.64. The summed E-state index contributed by atoms with van der Waals surface area (Å²) in [6.45, 7) is 2.89. The van der Waals surface area contributed by atoms with Crippen molar-refractivity contribution in [2.45, 2.75) is 35.3 Å². The highest BCUT2D eigenvalue weighted by Crippen LogP contribution is 2.33. The Kier molecular flexibility index (Phi) is 6.08. The zero-order valence-corrected chi connectivity index (χ0v) is 17.5. The van der Waals surface area contributed by atoms with Crippen LogP contribution in [0.1, 0.15) is 12.0 Å². The number of aryl methyl sites for hydroxylation is 1. The molecule has 2 atom stereocenters. The molecular weight excluding hydrogens is 435 g/mol. The molecule has 1 saturated heterocycles. The lowest BCUT2D eigenvalue weighted by Crippen LogP contribution is -2.45. The van der Waals surface area contributed by atoms with E-state index in [2.05, 4.69) is 26.6 Å². The molecule has 1 aliphatic heterocycles. The van der Waals surface area contributed by atoms with Crippen LogP contribution in [0.3, 0.4) is 0 Å². The summed E-state index contributed by atoms with van der Waals surface area (Å²) in [5, 5.41) is 6.19. The zero-order chi connectivity index (χ0) is 19.6. The fourth-order valence-electron chi connectivity index (χ4n) is 3.09. The molecule has 3 rings (SSSR count). The number of rotatable bonds is 5. The lowest BCUT2D eigenvalue weighted by atomic mass is 10.0. The second kappa shape index (κ2) is 8.16. The van der Waals surface area contributed by atoms with E-state index in [1.807, 2.05) is 6.92 Å². The second-order valence-corrected chi connectivity index (χ2v) is 9.37. The van der Waals surface area contributed by atoms with E-state index < -0.39 is 16.0 Å². The topological polar surface area (TPSA) is 67.4 Å². The maximum absolute atomic E-state index is 14.1. The number of piperidine rings is 1. The Bertz CT molecular complexity index is 937. The molecule has 27 heavy (non-hydrogen) atoms. The number of halogens is 2. The lowest BCUT2D eigenvalue weighted by Gasteiger charge is -2.29. The van der Waals surface area contributed by atoms with E-state index in [9.17, 15) is 12.8 Å². The van der Waals surface area contributed by atoms with Gasteiger partial charge in [0.2, 0.25) is 9.84 Å². The molecule has 0 aliphatic carbocycles. The molecule has 1 aliphatic rings. The van der Waals surface area contributed by atoms with Crippen molar-refractivity contribution in [1.29, 1.82) is 0 Å². The minimum Gasteiger partial charge on any atom is -0.495 e. The average Bonchev–Trinajstić information content (AvgIpc) is 2.65. The van der Waals surface area contributed by atoms with Crippen molar-refractivity contribution in [3.63, 3.8) is 0 Å². The molecule has 5 nitrogen and oxygen atoms in total. The smallest absolute Gasteiger partial charge is 0.210 e. The number of alkyl halides is 1. The van der Waals surface area contributed by atoms with Gasteiger partial charge in [0.05, 0.1) is 18.0 Å². The Balaban J connectivity index is 1.98. The van der Waals surface area contributed by atoms with Crippen molar-refractivity contribution in [3.05, 3.63) is 46.4 Å². The van der Waals surface area contributed by atoms with Crippen LogP contribution in [0.15, 0.2) is 50.7 Å². The van der Waals surface area contributed by atoms with Gasteiger partial charge in [0.1, 0.15) is 16.8 Å². The molecule has 0 aromatic heterocycles. The first-order valence-corrected chi connectivity index (χ1v) is 10.9. The summed E-state index contributed by atoms with van der Waals surface area (Å²) in [5.41, 5.74) is 1.49. The van der Waals surface area contributed by atoms with Gasteiger partial charge >= 0.3 is 0 Å². The van der Waals surface area contributed by atoms with Crippen LogP contribution in [-0.4, -0.2) is 40.8 Å². The third kappa shape index (κ3) is 4.28. The fraction of sp³-hybridized carbons (Fsp3) is 0.368. The number of hydrogen-bond acceptors (Lipinski definition) is 5. The Labute approximate surface area is 167 Å². The number of anilines is 1. The minimum atomic E-state index is -3.80. The van der Waals surface area contributed by atoms with Crippen molar-refractivity contribution >= 4 is 31.5 Å². The highest BCUT2D eigenvalue weighted by Gasteiger charge is 2.27. The maximum atomic E-state index is 14.1. The van der Waals surface area contributed by atoms with Gasteiger partial charge in [0.25, 0.3) is 0 Å². The molecule has 0 spiro atoms. The van der Waals surface area contributed by atoms with Gasteiger partial charge in [-0.15, -0.1) is 0 Å². The van der Waals surface area contributed by atoms with Crippen LogP contribution in [-0.2, 0) is 9.84 Å². The van der Waals surface area contributed by atoms with Gasteiger partial charge in [0.15, 0.2) is 0 Å². The van der Waals surface area contributed by atoms with Gasteiger partial charge in [-0.05, 0) is 55.8 Å². The molecule has 0 radical (unpaired) electrons. The molecule has 2 aromatic rings. The molecule has 2 N–H and O–H groups in total. The summed E-state index contributed by atoms with van der Waals surface area (Å²) in [7, 11) is -2.37. The minimum absolute atomic E-state index is 0.0828. The highest BCUT2D eigenvalue weighted by molar-refractivity contribution is 9.10. The number of hydrogen-bond donors (Lipinski definition) is 2. The van der Waals surface area contributed by atoms with Crippen LogP contribution in [0.5, 0.6) is 5.75 Å². The largest absolute Gasteiger partial charge is 0.495 e. The third-order valence-corrected chi connectivity index (χ3v) is 6.95. The average molecular weight is 457 g/mol. The molecule has 0 saturated carbocycles. The third-order valence-electron chi connectivity index (χ3n) is 4.68. The van der Waals surface area contributed by atoms with Crippen molar-refractivity contribution in [3.8, 4) is 5.75 Å². The molecule has 1 fully saturated rings. The standard InChI is InChI=1S/C19H22BrFN2O3S/c1-12-3-5-14(10-17(12)23-16-7-8-22-11-15(16)21)27(24,25)19-9-13(20)4-6-18(19)26-2/h3-6,9-10,15-16,22-23H,7-8,11H2,1-2H3. The molecule has 146 valence electrons. The van der Waals surface area contributed by atoms with Crippen molar-refractivity contribution in [2.24, 2.45) is 0 Å². The molecule has 2 unspecified atom stereocenters. The lowest BCUT2D eigenvalue weighted by molar-refractivity contribution is 0.245. The van der Waals surface area contributed by atoms with E-state index in [1.165, 1.54) is 13.2 Å². The van der Waals surface area contributed by atoms with Crippen molar-refractivity contribution in [2.75, 3.05) is 25.5 Å².